The summed E-state index contributed by atoms with van der Waals surface area (Å²) < 4.78 is 49.2. The Morgan fingerprint density at radius 1 is 1.09 bits per heavy atom. The van der Waals surface area contributed by atoms with E-state index in [1.54, 1.807) is 42.2 Å². The molecule has 0 bridgehead atoms. The first kappa shape index (κ1) is 23.7. The molecule has 0 aromatic heterocycles. The van der Waals surface area contributed by atoms with Crippen LogP contribution < -0.4 is 4.90 Å². The minimum atomic E-state index is -3.75. The maximum Gasteiger partial charge on any atom is 0.223 e. The second kappa shape index (κ2) is 9.79. The fourth-order valence-electron chi connectivity index (χ4n) is 4.38. The molecule has 2 aliphatic rings. The van der Waals surface area contributed by atoms with Gasteiger partial charge < -0.3 is 14.5 Å². The molecule has 0 saturated carbocycles. The third-order valence-electron chi connectivity index (χ3n) is 6.36. The smallest absolute Gasteiger partial charge is 0.223 e. The molecule has 4 rings (SSSR count). The minimum Gasteiger partial charge on any atom is -0.375 e. The van der Waals surface area contributed by atoms with E-state index >= 15 is 4.39 Å². The molecular weight excluding hydrogens is 445 g/mol. The zero-order valence-electron chi connectivity index (χ0n) is 19.0. The van der Waals surface area contributed by atoms with Gasteiger partial charge in [0.25, 0.3) is 0 Å². The highest BCUT2D eigenvalue weighted by Crippen LogP contribution is 2.31. The highest BCUT2D eigenvalue weighted by Gasteiger charge is 2.38. The first-order chi connectivity index (χ1) is 15.8. The lowest BCUT2D eigenvalue weighted by atomic mass is 10.1. The van der Waals surface area contributed by atoms with E-state index in [2.05, 4.69) is 0 Å². The number of anilines is 1. The van der Waals surface area contributed by atoms with E-state index in [0.29, 0.717) is 37.3 Å². The number of rotatable bonds is 4. The van der Waals surface area contributed by atoms with E-state index in [9.17, 15) is 13.2 Å². The zero-order chi connectivity index (χ0) is 23.6. The van der Waals surface area contributed by atoms with Crippen molar-refractivity contribution in [3.8, 4) is 0 Å². The van der Waals surface area contributed by atoms with Crippen LogP contribution in [0.25, 0.3) is 0 Å². The maximum atomic E-state index is 15.1. The largest absolute Gasteiger partial charge is 0.375 e. The molecule has 0 unspecified atom stereocenters. The number of ether oxygens (including phenoxy) is 1. The number of hydrogen-bond acceptors (Lipinski definition) is 5. The van der Waals surface area contributed by atoms with E-state index in [1.807, 2.05) is 24.0 Å². The predicted octanol–water partition coefficient (Wildman–Crippen LogP) is 2.79. The van der Waals surface area contributed by atoms with Crippen molar-refractivity contribution in [3.05, 3.63) is 65.5 Å². The van der Waals surface area contributed by atoms with Crippen LogP contribution in [0.5, 0.6) is 0 Å². The molecule has 2 fully saturated rings. The van der Waals surface area contributed by atoms with Crippen molar-refractivity contribution in [2.75, 3.05) is 44.2 Å². The number of carbonyl (C=O) groups excluding carboxylic acids is 1. The molecule has 0 spiro atoms. The van der Waals surface area contributed by atoms with Crippen LogP contribution >= 0.6 is 0 Å². The molecule has 7 nitrogen and oxygen atoms in total. The number of sulfonamides is 1. The first-order valence-corrected chi connectivity index (χ1v) is 12.7. The summed E-state index contributed by atoms with van der Waals surface area (Å²) in [5.41, 5.74) is 1.72. The van der Waals surface area contributed by atoms with Crippen LogP contribution in [0.2, 0.25) is 0 Å². The van der Waals surface area contributed by atoms with Gasteiger partial charge in [-0.05, 0) is 24.6 Å². The van der Waals surface area contributed by atoms with Crippen LogP contribution in [-0.4, -0.2) is 69.0 Å². The lowest BCUT2D eigenvalue weighted by Crippen LogP contribution is -2.48. The van der Waals surface area contributed by atoms with Gasteiger partial charge in [0, 0.05) is 57.4 Å². The lowest BCUT2D eigenvalue weighted by molar-refractivity contribution is -0.129. The molecule has 2 aliphatic heterocycles. The molecule has 2 saturated heterocycles. The number of nitrogens with zero attached hydrogens (tertiary/aromatic N) is 3. The molecule has 2 aromatic carbocycles. The molecule has 0 radical (unpaired) electrons. The summed E-state index contributed by atoms with van der Waals surface area (Å²) in [7, 11) is -3.75. The predicted molar refractivity (Wildman–Crippen MR) is 125 cm³/mol. The molecule has 2 atom stereocenters. The van der Waals surface area contributed by atoms with E-state index < -0.39 is 21.1 Å². The first-order valence-electron chi connectivity index (χ1n) is 11.2. The van der Waals surface area contributed by atoms with Gasteiger partial charge in [-0.3, -0.25) is 4.79 Å². The Kier molecular flexibility index (Phi) is 7.02. The van der Waals surface area contributed by atoms with Crippen LogP contribution in [0.3, 0.4) is 0 Å². The Hall–Kier alpha value is -2.49. The van der Waals surface area contributed by atoms with Crippen LogP contribution in [-0.2, 0) is 26.1 Å². The topological polar surface area (TPSA) is 70.2 Å². The normalized spacial score (nSPS) is 23.8. The average Bonchev–Trinajstić information content (AvgIpc) is 2.91. The van der Waals surface area contributed by atoms with Crippen molar-refractivity contribution in [1.82, 2.24) is 9.21 Å². The lowest BCUT2D eigenvalue weighted by Gasteiger charge is -2.35. The van der Waals surface area contributed by atoms with Gasteiger partial charge in [-0.25, -0.2) is 12.8 Å². The van der Waals surface area contributed by atoms with E-state index in [4.69, 9.17) is 4.74 Å². The number of hydrogen-bond donors (Lipinski definition) is 0. The molecular formula is C24H30FN3O4S. The van der Waals surface area contributed by atoms with Crippen molar-refractivity contribution in [2.45, 2.75) is 31.7 Å². The summed E-state index contributed by atoms with van der Waals surface area (Å²) in [6.07, 6.45) is -0.298. The Morgan fingerprint density at radius 2 is 1.79 bits per heavy atom. The summed E-state index contributed by atoms with van der Waals surface area (Å²) in [6, 6.07) is 13.9. The van der Waals surface area contributed by atoms with Gasteiger partial charge in [0.1, 0.15) is 11.1 Å². The highest BCUT2D eigenvalue weighted by molar-refractivity contribution is 7.89. The zero-order valence-corrected chi connectivity index (χ0v) is 19.8. The Balaban J connectivity index is 1.53. The number of carbonyl (C=O) groups is 1. The van der Waals surface area contributed by atoms with E-state index in [-0.39, 0.29) is 31.7 Å². The minimum absolute atomic E-state index is 0.0434. The Labute approximate surface area is 194 Å². The van der Waals surface area contributed by atoms with Crippen molar-refractivity contribution in [3.63, 3.8) is 0 Å². The summed E-state index contributed by atoms with van der Waals surface area (Å²) >= 11 is 0. The SMILES string of the molecule is CC(=O)N1CCN(c2ccc(CN3C[C@H](C)OC[C@H](c4ccccc4)S3(=O)=O)c(F)c2)CC1. The fourth-order valence-corrected chi connectivity index (χ4v) is 6.23. The third-order valence-corrected chi connectivity index (χ3v) is 8.48. The van der Waals surface area contributed by atoms with Crippen molar-refractivity contribution in [1.29, 1.82) is 0 Å². The van der Waals surface area contributed by atoms with Crippen LogP contribution in [0.4, 0.5) is 10.1 Å². The molecule has 9 heteroatoms. The second-order valence-corrected chi connectivity index (χ2v) is 10.8. The Morgan fingerprint density at radius 3 is 2.42 bits per heavy atom. The number of amides is 1. The molecule has 0 aliphatic carbocycles. The standard InChI is InChI=1S/C24H30FN3O4S/c1-18-15-28(33(30,31)24(17-32-18)20-6-4-3-5-7-20)16-21-8-9-22(14-23(21)25)27-12-10-26(11-13-27)19(2)29/h3-9,14,18,24H,10-13,15-17H2,1-2H3/t18-,24+/m0/s1. The van der Waals surface area contributed by atoms with Crippen LogP contribution in [0.1, 0.15) is 30.2 Å². The number of piperazine rings is 1. The summed E-state index contributed by atoms with van der Waals surface area (Å²) in [5.74, 6) is -0.396. The second-order valence-electron chi connectivity index (χ2n) is 8.65. The number of benzene rings is 2. The molecule has 33 heavy (non-hydrogen) atoms. The molecule has 2 heterocycles. The summed E-state index contributed by atoms with van der Waals surface area (Å²) in [4.78, 5) is 15.3. The Bertz CT molecular complexity index is 1090. The monoisotopic (exact) mass is 475 g/mol. The average molecular weight is 476 g/mol. The van der Waals surface area contributed by atoms with Gasteiger partial charge >= 0.3 is 0 Å². The van der Waals surface area contributed by atoms with Gasteiger partial charge in [0.05, 0.1) is 12.7 Å². The maximum absolute atomic E-state index is 15.1. The van der Waals surface area contributed by atoms with E-state index in [1.165, 1.54) is 10.4 Å². The summed E-state index contributed by atoms with van der Waals surface area (Å²) in [6.45, 7) is 6.03. The molecule has 1 amide bonds. The fraction of sp³-hybridized carbons (Fsp3) is 0.458. The molecule has 0 N–H and O–H groups in total. The van der Waals surface area contributed by atoms with Crippen LogP contribution in [0.15, 0.2) is 48.5 Å². The van der Waals surface area contributed by atoms with Gasteiger partial charge in [0.15, 0.2) is 0 Å². The molecule has 178 valence electrons. The van der Waals surface area contributed by atoms with Crippen molar-refractivity contribution in [2.24, 2.45) is 0 Å². The third kappa shape index (κ3) is 5.20. The number of halogens is 1. The summed E-state index contributed by atoms with van der Waals surface area (Å²) in [5, 5.41) is -0.830. The van der Waals surface area contributed by atoms with Crippen LogP contribution in [0, 0.1) is 5.82 Å². The van der Waals surface area contributed by atoms with Gasteiger partial charge in [-0.1, -0.05) is 36.4 Å². The van der Waals surface area contributed by atoms with Gasteiger partial charge in [0.2, 0.25) is 15.9 Å². The molecule has 2 aromatic rings. The van der Waals surface area contributed by atoms with E-state index in [0.717, 1.165) is 5.69 Å². The van der Waals surface area contributed by atoms with Gasteiger partial charge in [-0.15, -0.1) is 0 Å². The quantitative estimate of drug-likeness (QED) is 0.680. The van der Waals surface area contributed by atoms with Gasteiger partial charge in [-0.2, -0.15) is 4.31 Å². The highest BCUT2D eigenvalue weighted by atomic mass is 32.2. The van der Waals surface area contributed by atoms with Crippen molar-refractivity contribution >= 4 is 21.6 Å². The van der Waals surface area contributed by atoms with Crippen molar-refractivity contribution < 1.29 is 22.3 Å².